The third kappa shape index (κ3) is 5.09. The fraction of sp³-hybridized carbons (Fsp3) is 0.429. The first-order valence-corrected chi connectivity index (χ1v) is 6.10. The van der Waals surface area contributed by atoms with Gasteiger partial charge in [-0.25, -0.2) is 4.79 Å². The lowest BCUT2D eigenvalue weighted by Gasteiger charge is -2.13. The summed E-state index contributed by atoms with van der Waals surface area (Å²) in [4.78, 5) is 22.5. The van der Waals surface area contributed by atoms with Crippen LogP contribution in [0.25, 0.3) is 0 Å². The molecule has 0 radical (unpaired) electrons. The fourth-order valence-electron chi connectivity index (χ4n) is 1.75. The number of amides is 1. The van der Waals surface area contributed by atoms with Crippen molar-refractivity contribution in [3.8, 4) is 0 Å². The van der Waals surface area contributed by atoms with Gasteiger partial charge in [0.2, 0.25) is 5.91 Å². The van der Waals surface area contributed by atoms with E-state index in [4.69, 9.17) is 9.84 Å². The van der Waals surface area contributed by atoms with E-state index in [1.54, 1.807) is 0 Å². The standard InChI is InChI=1S/C14H19NO4/c1-10-5-3-4-6-11(10)7-8-13(16)15-12(9-19-2)14(17)18/h3-6,12H,7-9H2,1-2H3,(H,15,16)(H,17,18). The molecule has 19 heavy (non-hydrogen) atoms. The number of nitrogens with one attached hydrogen (secondary N) is 1. The fourth-order valence-corrected chi connectivity index (χ4v) is 1.75. The number of aryl methyl sites for hydroxylation is 2. The Bertz CT molecular complexity index is 445. The van der Waals surface area contributed by atoms with E-state index in [1.165, 1.54) is 7.11 Å². The number of hydrogen-bond acceptors (Lipinski definition) is 3. The van der Waals surface area contributed by atoms with E-state index in [1.807, 2.05) is 31.2 Å². The number of carbonyl (C=O) groups excluding carboxylic acids is 1. The first-order chi connectivity index (χ1) is 9.04. The molecule has 0 aliphatic carbocycles. The summed E-state index contributed by atoms with van der Waals surface area (Å²) in [6.07, 6.45) is 0.857. The van der Waals surface area contributed by atoms with Gasteiger partial charge in [0.15, 0.2) is 6.04 Å². The average molecular weight is 265 g/mol. The number of rotatable bonds is 7. The quantitative estimate of drug-likeness (QED) is 0.775. The Kier molecular flexibility index (Phi) is 6.02. The average Bonchev–Trinajstić information content (AvgIpc) is 2.37. The van der Waals surface area contributed by atoms with Crippen molar-refractivity contribution in [2.24, 2.45) is 0 Å². The molecule has 104 valence electrons. The molecule has 0 aromatic heterocycles. The number of hydrogen-bond donors (Lipinski definition) is 2. The van der Waals surface area contributed by atoms with Crippen LogP contribution < -0.4 is 5.32 Å². The van der Waals surface area contributed by atoms with Crippen molar-refractivity contribution in [3.05, 3.63) is 35.4 Å². The highest BCUT2D eigenvalue weighted by atomic mass is 16.5. The van der Waals surface area contributed by atoms with E-state index >= 15 is 0 Å². The molecule has 1 amide bonds. The molecule has 1 unspecified atom stereocenters. The number of carboxylic acid groups (broad SMARTS) is 1. The van der Waals surface area contributed by atoms with Crippen LogP contribution in [0.1, 0.15) is 17.5 Å². The minimum absolute atomic E-state index is 0.0363. The Morgan fingerprint density at radius 3 is 2.63 bits per heavy atom. The Hall–Kier alpha value is -1.88. The molecular weight excluding hydrogens is 246 g/mol. The van der Waals surface area contributed by atoms with E-state index in [2.05, 4.69) is 5.32 Å². The Balaban J connectivity index is 2.47. The van der Waals surface area contributed by atoms with Crippen molar-refractivity contribution < 1.29 is 19.4 Å². The van der Waals surface area contributed by atoms with Gasteiger partial charge < -0.3 is 15.2 Å². The molecule has 0 saturated carbocycles. The van der Waals surface area contributed by atoms with Crippen molar-refractivity contribution in [2.45, 2.75) is 25.8 Å². The minimum atomic E-state index is -1.09. The van der Waals surface area contributed by atoms with Crippen LogP contribution in [-0.2, 0) is 20.7 Å². The van der Waals surface area contributed by atoms with Crippen molar-refractivity contribution >= 4 is 11.9 Å². The number of methoxy groups -OCH3 is 1. The molecule has 0 aliphatic heterocycles. The summed E-state index contributed by atoms with van der Waals surface area (Å²) < 4.78 is 4.75. The highest BCUT2D eigenvalue weighted by Gasteiger charge is 2.19. The smallest absolute Gasteiger partial charge is 0.328 e. The summed E-state index contributed by atoms with van der Waals surface area (Å²) in [5.74, 6) is -1.38. The van der Waals surface area contributed by atoms with Crippen LogP contribution >= 0.6 is 0 Å². The van der Waals surface area contributed by atoms with Crippen LogP contribution in [0, 0.1) is 6.92 Å². The summed E-state index contributed by atoms with van der Waals surface area (Å²) in [6.45, 7) is 1.95. The molecule has 0 spiro atoms. The highest BCUT2D eigenvalue weighted by molar-refractivity contribution is 5.83. The van der Waals surface area contributed by atoms with Crippen molar-refractivity contribution in [2.75, 3.05) is 13.7 Å². The summed E-state index contributed by atoms with van der Waals surface area (Å²) in [6, 6.07) is 6.82. The van der Waals surface area contributed by atoms with Crippen LogP contribution in [0.15, 0.2) is 24.3 Å². The van der Waals surface area contributed by atoms with Gasteiger partial charge >= 0.3 is 5.97 Å². The predicted molar refractivity (Wildman–Crippen MR) is 70.9 cm³/mol. The molecule has 1 atom stereocenters. The van der Waals surface area contributed by atoms with Gasteiger partial charge in [0.1, 0.15) is 0 Å². The molecule has 1 aromatic carbocycles. The zero-order valence-corrected chi connectivity index (χ0v) is 11.2. The van der Waals surface area contributed by atoms with E-state index in [9.17, 15) is 9.59 Å². The molecule has 1 aromatic rings. The Morgan fingerprint density at radius 1 is 1.37 bits per heavy atom. The molecule has 2 N–H and O–H groups in total. The van der Waals surface area contributed by atoms with Crippen LogP contribution in [0.3, 0.4) is 0 Å². The van der Waals surface area contributed by atoms with Crippen LogP contribution in [0.2, 0.25) is 0 Å². The van der Waals surface area contributed by atoms with Gasteiger partial charge in [-0.15, -0.1) is 0 Å². The van der Waals surface area contributed by atoms with Gasteiger partial charge in [-0.3, -0.25) is 4.79 Å². The molecule has 0 aliphatic rings. The van der Waals surface area contributed by atoms with E-state index < -0.39 is 12.0 Å². The summed E-state index contributed by atoms with van der Waals surface area (Å²) in [7, 11) is 1.40. The van der Waals surface area contributed by atoms with Crippen LogP contribution in [0.4, 0.5) is 0 Å². The molecule has 0 fully saturated rings. The topological polar surface area (TPSA) is 75.6 Å². The van der Waals surface area contributed by atoms with Crippen molar-refractivity contribution in [3.63, 3.8) is 0 Å². The van der Waals surface area contributed by atoms with E-state index in [0.29, 0.717) is 6.42 Å². The summed E-state index contributed by atoms with van der Waals surface area (Å²) in [5.41, 5.74) is 2.22. The lowest BCUT2D eigenvalue weighted by atomic mass is 10.0. The number of ether oxygens (including phenoxy) is 1. The molecule has 1 rings (SSSR count). The third-order valence-electron chi connectivity index (χ3n) is 2.85. The number of benzene rings is 1. The third-order valence-corrected chi connectivity index (χ3v) is 2.85. The largest absolute Gasteiger partial charge is 0.480 e. The zero-order chi connectivity index (χ0) is 14.3. The van der Waals surface area contributed by atoms with Crippen LogP contribution in [0.5, 0.6) is 0 Å². The summed E-state index contributed by atoms with van der Waals surface area (Å²) >= 11 is 0. The molecule has 0 bridgehead atoms. The maximum Gasteiger partial charge on any atom is 0.328 e. The second-order valence-corrected chi connectivity index (χ2v) is 4.34. The number of aliphatic carboxylic acids is 1. The minimum Gasteiger partial charge on any atom is -0.480 e. The van der Waals surface area contributed by atoms with Gasteiger partial charge in [0, 0.05) is 13.5 Å². The van der Waals surface area contributed by atoms with Gasteiger partial charge in [0.05, 0.1) is 6.61 Å². The lowest BCUT2D eigenvalue weighted by molar-refractivity contribution is -0.143. The second kappa shape index (κ2) is 7.53. The van der Waals surface area contributed by atoms with Crippen LogP contribution in [-0.4, -0.2) is 36.7 Å². The van der Waals surface area contributed by atoms with Gasteiger partial charge in [0.25, 0.3) is 0 Å². The highest BCUT2D eigenvalue weighted by Crippen LogP contribution is 2.09. The second-order valence-electron chi connectivity index (χ2n) is 4.34. The maximum atomic E-state index is 11.7. The normalized spacial score (nSPS) is 11.9. The SMILES string of the molecule is COCC(NC(=O)CCc1ccccc1C)C(=O)O. The Morgan fingerprint density at radius 2 is 2.05 bits per heavy atom. The van der Waals surface area contributed by atoms with E-state index in [0.717, 1.165) is 11.1 Å². The number of carbonyl (C=O) groups is 2. The lowest BCUT2D eigenvalue weighted by Crippen LogP contribution is -2.43. The molecular formula is C14H19NO4. The first kappa shape index (κ1) is 15.2. The monoisotopic (exact) mass is 265 g/mol. The number of carboxylic acids is 1. The van der Waals surface area contributed by atoms with Crippen molar-refractivity contribution in [1.29, 1.82) is 0 Å². The maximum absolute atomic E-state index is 11.7. The summed E-state index contributed by atoms with van der Waals surface area (Å²) in [5, 5.41) is 11.3. The Labute approximate surface area is 112 Å². The molecule has 5 heteroatoms. The predicted octanol–water partition coefficient (Wildman–Crippen LogP) is 1.14. The molecule has 5 nitrogen and oxygen atoms in total. The van der Waals surface area contributed by atoms with Gasteiger partial charge in [-0.1, -0.05) is 24.3 Å². The van der Waals surface area contributed by atoms with E-state index in [-0.39, 0.29) is 18.9 Å². The molecule has 0 saturated heterocycles. The zero-order valence-electron chi connectivity index (χ0n) is 11.2. The first-order valence-electron chi connectivity index (χ1n) is 6.10. The van der Waals surface area contributed by atoms with Gasteiger partial charge in [-0.05, 0) is 24.5 Å². The van der Waals surface area contributed by atoms with Crippen molar-refractivity contribution in [1.82, 2.24) is 5.32 Å². The molecule has 0 heterocycles. The van der Waals surface area contributed by atoms with Gasteiger partial charge in [-0.2, -0.15) is 0 Å².